The van der Waals surface area contributed by atoms with Crippen LogP contribution in [0.3, 0.4) is 0 Å². The summed E-state index contributed by atoms with van der Waals surface area (Å²) in [6.07, 6.45) is 0.996. The summed E-state index contributed by atoms with van der Waals surface area (Å²) >= 11 is 13.0. The molecule has 0 aromatic heterocycles. The van der Waals surface area contributed by atoms with Crippen molar-refractivity contribution in [3.8, 4) is 0 Å². The van der Waals surface area contributed by atoms with Gasteiger partial charge >= 0.3 is 0 Å². The molecule has 2 unspecified atom stereocenters. The Morgan fingerprint density at radius 3 is 2.72 bits per heavy atom. The SMILES string of the molecule is CC1=NC(C)CC(NC(=S)c2ccc(Cl)cc2)S1. The number of rotatable bonds is 2. The van der Waals surface area contributed by atoms with E-state index in [0.29, 0.717) is 11.4 Å². The molecule has 2 rings (SSSR count). The van der Waals surface area contributed by atoms with Crippen molar-refractivity contribution in [2.24, 2.45) is 4.99 Å². The number of hydrogen-bond donors (Lipinski definition) is 1. The number of hydrogen-bond acceptors (Lipinski definition) is 3. The van der Waals surface area contributed by atoms with Gasteiger partial charge in [0.1, 0.15) is 4.99 Å². The van der Waals surface area contributed by atoms with E-state index < -0.39 is 0 Å². The van der Waals surface area contributed by atoms with Crippen molar-refractivity contribution in [1.29, 1.82) is 0 Å². The summed E-state index contributed by atoms with van der Waals surface area (Å²) in [5.74, 6) is 0. The van der Waals surface area contributed by atoms with Crippen LogP contribution in [0.4, 0.5) is 0 Å². The predicted octanol–water partition coefficient (Wildman–Crippen LogP) is 3.88. The van der Waals surface area contributed by atoms with Crippen LogP contribution in [0.1, 0.15) is 25.8 Å². The van der Waals surface area contributed by atoms with E-state index in [1.807, 2.05) is 31.2 Å². The summed E-state index contributed by atoms with van der Waals surface area (Å²) in [6, 6.07) is 7.95. The number of nitrogens with zero attached hydrogens (tertiary/aromatic N) is 1. The summed E-state index contributed by atoms with van der Waals surface area (Å²) in [5, 5.41) is 5.54. The Labute approximate surface area is 122 Å². The minimum Gasteiger partial charge on any atom is -0.364 e. The van der Waals surface area contributed by atoms with Crippen LogP contribution in [0, 0.1) is 0 Å². The fourth-order valence-electron chi connectivity index (χ4n) is 1.88. The van der Waals surface area contributed by atoms with E-state index in [4.69, 9.17) is 23.8 Å². The van der Waals surface area contributed by atoms with Crippen LogP contribution in [-0.4, -0.2) is 21.4 Å². The molecule has 1 heterocycles. The molecule has 0 fully saturated rings. The van der Waals surface area contributed by atoms with Gasteiger partial charge in [-0.15, -0.1) is 0 Å². The third-order valence-electron chi connectivity index (χ3n) is 2.67. The molecule has 0 spiro atoms. The lowest BCUT2D eigenvalue weighted by atomic mass is 10.2. The van der Waals surface area contributed by atoms with E-state index in [1.54, 1.807) is 11.8 Å². The van der Waals surface area contributed by atoms with Gasteiger partial charge in [-0.1, -0.05) is 47.7 Å². The maximum atomic E-state index is 5.86. The van der Waals surface area contributed by atoms with Gasteiger partial charge in [0, 0.05) is 10.6 Å². The van der Waals surface area contributed by atoms with Crippen molar-refractivity contribution in [3.63, 3.8) is 0 Å². The molecule has 1 N–H and O–H groups in total. The summed E-state index contributed by atoms with van der Waals surface area (Å²) < 4.78 is 0. The van der Waals surface area contributed by atoms with Crippen LogP contribution in [0.25, 0.3) is 0 Å². The Hall–Kier alpha value is -0.580. The van der Waals surface area contributed by atoms with Crippen molar-refractivity contribution in [2.45, 2.75) is 31.7 Å². The van der Waals surface area contributed by atoms with Gasteiger partial charge in [0.05, 0.1) is 16.5 Å². The van der Waals surface area contributed by atoms with Crippen LogP contribution >= 0.6 is 35.6 Å². The van der Waals surface area contributed by atoms with E-state index in [9.17, 15) is 0 Å². The van der Waals surface area contributed by atoms with Gasteiger partial charge < -0.3 is 5.32 Å². The Kier molecular flexibility index (Phi) is 4.65. The summed E-state index contributed by atoms with van der Waals surface area (Å²) in [6.45, 7) is 4.17. The Balaban J connectivity index is 2.00. The average Bonchev–Trinajstić information content (AvgIpc) is 2.28. The Morgan fingerprint density at radius 1 is 1.44 bits per heavy atom. The van der Waals surface area contributed by atoms with E-state index in [2.05, 4.69) is 17.2 Å². The molecule has 5 heteroatoms. The highest BCUT2D eigenvalue weighted by Crippen LogP contribution is 2.24. The Bertz CT molecular complexity index is 470. The molecule has 1 aromatic rings. The standard InChI is InChI=1S/C13H15ClN2S2/c1-8-7-12(18-9(2)15-8)16-13(17)10-3-5-11(14)6-4-10/h3-6,8,12H,7H2,1-2H3,(H,16,17). The first-order valence-electron chi connectivity index (χ1n) is 5.82. The van der Waals surface area contributed by atoms with Crippen molar-refractivity contribution in [1.82, 2.24) is 5.32 Å². The largest absolute Gasteiger partial charge is 0.364 e. The highest BCUT2D eigenvalue weighted by Gasteiger charge is 2.20. The lowest BCUT2D eigenvalue weighted by Gasteiger charge is -2.26. The molecule has 1 aromatic carbocycles. The zero-order valence-corrected chi connectivity index (χ0v) is 12.7. The Morgan fingerprint density at radius 2 is 2.11 bits per heavy atom. The van der Waals surface area contributed by atoms with Crippen molar-refractivity contribution < 1.29 is 0 Å². The second-order valence-electron chi connectivity index (χ2n) is 4.32. The zero-order valence-electron chi connectivity index (χ0n) is 10.3. The summed E-state index contributed by atoms with van der Waals surface area (Å²) in [5.41, 5.74) is 1.00. The second kappa shape index (κ2) is 6.04. The van der Waals surface area contributed by atoms with Crippen LogP contribution in [0.2, 0.25) is 5.02 Å². The minimum absolute atomic E-state index is 0.306. The molecule has 2 atom stereocenters. The van der Waals surface area contributed by atoms with Crippen LogP contribution in [-0.2, 0) is 0 Å². The zero-order chi connectivity index (χ0) is 13.1. The number of nitrogens with one attached hydrogen (secondary N) is 1. The van der Waals surface area contributed by atoms with E-state index >= 15 is 0 Å². The fraction of sp³-hybridized carbons (Fsp3) is 0.385. The molecule has 1 aliphatic heterocycles. The molecule has 1 aliphatic rings. The van der Waals surface area contributed by atoms with Gasteiger partial charge in [0.2, 0.25) is 0 Å². The van der Waals surface area contributed by atoms with Gasteiger partial charge in [-0.2, -0.15) is 0 Å². The molecule has 0 saturated heterocycles. The molecule has 0 aliphatic carbocycles. The minimum atomic E-state index is 0.306. The number of benzene rings is 1. The van der Waals surface area contributed by atoms with E-state index in [1.165, 1.54) is 0 Å². The normalized spacial score (nSPS) is 23.4. The van der Waals surface area contributed by atoms with Crippen LogP contribution < -0.4 is 5.32 Å². The number of thioether (sulfide) groups is 1. The average molecular weight is 299 g/mol. The molecular weight excluding hydrogens is 284 g/mol. The number of aliphatic imine (C=N–C) groups is 1. The van der Waals surface area contributed by atoms with E-state index in [0.717, 1.165) is 27.0 Å². The van der Waals surface area contributed by atoms with Gasteiger partial charge in [-0.3, -0.25) is 4.99 Å². The monoisotopic (exact) mass is 298 g/mol. The third kappa shape index (κ3) is 3.70. The summed E-state index contributed by atoms with van der Waals surface area (Å²) in [7, 11) is 0. The number of halogens is 1. The fourth-order valence-corrected chi connectivity index (χ4v) is 3.56. The lowest BCUT2D eigenvalue weighted by molar-refractivity contribution is 0.620. The lowest BCUT2D eigenvalue weighted by Crippen LogP contribution is -2.36. The third-order valence-corrected chi connectivity index (χ3v) is 4.32. The maximum Gasteiger partial charge on any atom is 0.107 e. The van der Waals surface area contributed by atoms with Crippen molar-refractivity contribution >= 4 is 45.6 Å². The maximum absolute atomic E-state index is 5.86. The summed E-state index contributed by atoms with van der Waals surface area (Å²) in [4.78, 5) is 5.27. The van der Waals surface area contributed by atoms with Gasteiger partial charge in [-0.05, 0) is 32.4 Å². The molecular formula is C13H15ClN2S2. The smallest absolute Gasteiger partial charge is 0.107 e. The molecule has 96 valence electrons. The quantitative estimate of drug-likeness (QED) is 0.839. The van der Waals surface area contributed by atoms with Crippen molar-refractivity contribution in [2.75, 3.05) is 0 Å². The molecule has 2 nitrogen and oxygen atoms in total. The molecule has 18 heavy (non-hydrogen) atoms. The van der Waals surface area contributed by atoms with E-state index in [-0.39, 0.29) is 0 Å². The molecule has 0 amide bonds. The predicted molar refractivity (Wildman–Crippen MR) is 84.9 cm³/mol. The van der Waals surface area contributed by atoms with Crippen molar-refractivity contribution in [3.05, 3.63) is 34.9 Å². The first kappa shape index (κ1) is 13.8. The molecule has 0 radical (unpaired) electrons. The van der Waals surface area contributed by atoms with Crippen LogP contribution in [0.15, 0.2) is 29.3 Å². The molecule has 0 bridgehead atoms. The first-order chi connectivity index (χ1) is 8.54. The number of thiocarbonyl (C=S) groups is 1. The topological polar surface area (TPSA) is 24.4 Å². The van der Waals surface area contributed by atoms with Gasteiger partial charge in [0.25, 0.3) is 0 Å². The van der Waals surface area contributed by atoms with Gasteiger partial charge in [0.15, 0.2) is 0 Å². The molecule has 0 saturated carbocycles. The van der Waals surface area contributed by atoms with Gasteiger partial charge in [-0.25, -0.2) is 0 Å². The van der Waals surface area contributed by atoms with Crippen LogP contribution in [0.5, 0.6) is 0 Å². The first-order valence-corrected chi connectivity index (χ1v) is 7.48. The highest BCUT2D eigenvalue weighted by atomic mass is 35.5. The highest BCUT2D eigenvalue weighted by molar-refractivity contribution is 8.14. The second-order valence-corrected chi connectivity index (χ2v) is 6.56.